The number of carboxylic acids is 1. The Morgan fingerprint density at radius 1 is 0.837 bits per heavy atom. The molecule has 43 heavy (non-hydrogen) atoms. The van der Waals surface area contributed by atoms with Crippen LogP contribution in [0.5, 0.6) is 17.2 Å². The van der Waals surface area contributed by atoms with Gasteiger partial charge in [0, 0.05) is 26.2 Å². The van der Waals surface area contributed by atoms with Gasteiger partial charge in [-0.2, -0.15) is 0 Å². The van der Waals surface area contributed by atoms with E-state index in [9.17, 15) is 27.9 Å². The maximum atomic E-state index is 12.9. The Bertz CT molecular complexity index is 1250. The number of halogens is 3. The van der Waals surface area contributed by atoms with Gasteiger partial charge in [0.25, 0.3) is 0 Å². The van der Waals surface area contributed by atoms with Crippen LogP contribution in [0.3, 0.4) is 0 Å². The minimum absolute atomic E-state index is 0.0491. The third-order valence-corrected chi connectivity index (χ3v) is 5.97. The number of carbonyl (C=O) groups excluding carboxylic acids is 1. The fourth-order valence-electron chi connectivity index (χ4n) is 3.92. The quantitative estimate of drug-likeness (QED) is 0.184. The highest BCUT2D eigenvalue weighted by atomic mass is 19.4. The van der Waals surface area contributed by atoms with Gasteiger partial charge < -0.3 is 33.7 Å². The van der Waals surface area contributed by atoms with Crippen molar-refractivity contribution >= 4 is 12.1 Å². The highest BCUT2D eigenvalue weighted by Crippen LogP contribution is 2.25. The minimum atomic E-state index is -4.83. The third-order valence-electron chi connectivity index (χ3n) is 5.97. The largest absolute Gasteiger partial charge is 0.573 e. The summed E-state index contributed by atoms with van der Waals surface area (Å²) in [6, 6.07) is 21.0. The van der Waals surface area contributed by atoms with Gasteiger partial charge in [-0.15, -0.1) is 13.2 Å². The molecule has 9 nitrogen and oxygen atoms in total. The van der Waals surface area contributed by atoms with Gasteiger partial charge in [-0.25, -0.2) is 9.59 Å². The lowest BCUT2D eigenvalue weighted by molar-refractivity contribution is -0.274. The molecule has 0 aromatic heterocycles. The van der Waals surface area contributed by atoms with Crippen LogP contribution in [0.25, 0.3) is 0 Å². The zero-order valence-corrected chi connectivity index (χ0v) is 23.6. The first-order valence-electron chi connectivity index (χ1n) is 13.6. The molecule has 3 aromatic rings. The van der Waals surface area contributed by atoms with Crippen molar-refractivity contribution in [1.29, 1.82) is 0 Å². The second kappa shape index (κ2) is 17.0. The molecule has 0 fully saturated rings. The lowest BCUT2D eigenvalue weighted by Crippen LogP contribution is -2.38. The first kappa shape index (κ1) is 33.2. The number of benzene rings is 3. The minimum Gasteiger partial charge on any atom is -0.492 e. The highest BCUT2D eigenvalue weighted by Gasteiger charge is 2.31. The maximum Gasteiger partial charge on any atom is 0.573 e. The second-order valence-corrected chi connectivity index (χ2v) is 9.24. The van der Waals surface area contributed by atoms with Crippen molar-refractivity contribution < 1.29 is 51.6 Å². The van der Waals surface area contributed by atoms with Crippen LogP contribution in [0.1, 0.15) is 24.5 Å². The molecule has 0 aliphatic rings. The normalized spacial score (nSPS) is 11.9. The van der Waals surface area contributed by atoms with Crippen LogP contribution in [-0.4, -0.2) is 67.4 Å². The summed E-state index contributed by atoms with van der Waals surface area (Å²) in [5, 5.41) is 9.28. The monoisotopic (exact) mass is 605 g/mol. The smallest absolute Gasteiger partial charge is 0.492 e. The molecular formula is C31H34F3NO8. The number of nitrogens with zero attached hydrogens (tertiary/aromatic N) is 1. The Morgan fingerprint density at radius 2 is 1.49 bits per heavy atom. The molecule has 0 heterocycles. The Labute approximate surface area is 247 Å². The van der Waals surface area contributed by atoms with E-state index < -0.39 is 30.3 Å². The first-order valence-corrected chi connectivity index (χ1v) is 13.6. The van der Waals surface area contributed by atoms with E-state index >= 15 is 0 Å². The molecule has 1 atom stereocenters. The second-order valence-electron chi connectivity index (χ2n) is 9.24. The fourth-order valence-corrected chi connectivity index (χ4v) is 3.92. The Hall–Kier alpha value is -4.29. The summed E-state index contributed by atoms with van der Waals surface area (Å²) >= 11 is 0. The van der Waals surface area contributed by atoms with Crippen LogP contribution in [0.15, 0.2) is 78.9 Å². The first-order chi connectivity index (χ1) is 20.6. The SMILES string of the molecule is CCOC(Cc1ccc(OCCN(CCCOCc2ccccc2)C(=O)Oc2ccc(OC(F)(F)F)cc2)cc1)C(=O)O. The Balaban J connectivity index is 1.54. The molecule has 0 saturated heterocycles. The summed E-state index contributed by atoms with van der Waals surface area (Å²) in [6.45, 7) is 3.37. The Morgan fingerprint density at radius 3 is 2.12 bits per heavy atom. The molecule has 1 unspecified atom stereocenters. The molecule has 3 aromatic carbocycles. The average molecular weight is 606 g/mol. The number of carbonyl (C=O) groups is 2. The molecule has 1 amide bonds. The molecule has 3 rings (SSSR count). The van der Waals surface area contributed by atoms with E-state index in [1.807, 2.05) is 30.3 Å². The zero-order chi connectivity index (χ0) is 31.1. The van der Waals surface area contributed by atoms with Crippen molar-refractivity contribution in [3.05, 3.63) is 90.0 Å². The molecule has 0 aliphatic carbocycles. The number of rotatable bonds is 17. The van der Waals surface area contributed by atoms with Gasteiger partial charge in [0.05, 0.1) is 13.2 Å². The lowest BCUT2D eigenvalue weighted by Gasteiger charge is -2.22. The topological polar surface area (TPSA) is 104 Å². The maximum absolute atomic E-state index is 12.9. The lowest BCUT2D eigenvalue weighted by atomic mass is 10.1. The summed E-state index contributed by atoms with van der Waals surface area (Å²) in [5.41, 5.74) is 1.79. The number of hydrogen-bond donors (Lipinski definition) is 1. The summed E-state index contributed by atoms with van der Waals surface area (Å²) in [7, 11) is 0. The van der Waals surface area contributed by atoms with E-state index in [2.05, 4.69) is 4.74 Å². The molecule has 0 radical (unpaired) electrons. The Kier molecular flexibility index (Phi) is 13.1. The van der Waals surface area contributed by atoms with Crippen molar-refractivity contribution in [2.75, 3.05) is 32.9 Å². The van der Waals surface area contributed by atoms with Gasteiger partial charge in [0.1, 0.15) is 23.9 Å². The summed E-state index contributed by atoms with van der Waals surface area (Å²) in [5.74, 6) is -0.902. The van der Waals surface area contributed by atoms with Crippen LogP contribution in [0.4, 0.5) is 18.0 Å². The highest BCUT2D eigenvalue weighted by molar-refractivity contribution is 5.72. The number of aliphatic carboxylic acids is 1. The number of hydrogen-bond acceptors (Lipinski definition) is 7. The van der Waals surface area contributed by atoms with E-state index in [0.29, 0.717) is 25.4 Å². The molecule has 0 bridgehead atoms. The zero-order valence-electron chi connectivity index (χ0n) is 23.6. The predicted molar refractivity (Wildman–Crippen MR) is 150 cm³/mol. The number of amides is 1. The van der Waals surface area contributed by atoms with Crippen LogP contribution in [-0.2, 0) is 27.3 Å². The summed E-state index contributed by atoms with van der Waals surface area (Å²) in [4.78, 5) is 25.7. The van der Waals surface area contributed by atoms with E-state index in [1.165, 1.54) is 17.0 Å². The van der Waals surface area contributed by atoms with Crippen LogP contribution >= 0.6 is 0 Å². The van der Waals surface area contributed by atoms with Crippen molar-refractivity contribution in [3.8, 4) is 17.2 Å². The standard InChI is InChI=1S/C31H34F3NO8/c1-2-40-28(29(36)37)21-23-9-11-25(12-10-23)41-20-18-35(17-6-19-39-22-24-7-4-3-5-8-24)30(38)42-26-13-15-27(16-14-26)43-31(32,33)34/h3-5,7-16,28H,2,6,17-22H2,1H3,(H,36,37). The van der Waals surface area contributed by atoms with Crippen molar-refractivity contribution in [2.24, 2.45) is 0 Å². The van der Waals surface area contributed by atoms with E-state index in [1.54, 1.807) is 31.2 Å². The molecule has 0 saturated carbocycles. The van der Waals surface area contributed by atoms with Gasteiger partial charge in [-0.3, -0.25) is 0 Å². The molecule has 0 spiro atoms. The third kappa shape index (κ3) is 12.6. The van der Waals surface area contributed by atoms with E-state index in [-0.39, 0.29) is 38.5 Å². The van der Waals surface area contributed by atoms with Crippen LogP contribution in [0.2, 0.25) is 0 Å². The fraction of sp³-hybridized carbons (Fsp3) is 0.355. The summed E-state index contributed by atoms with van der Waals surface area (Å²) in [6.07, 6.45) is -5.77. The molecule has 1 N–H and O–H groups in total. The molecule has 12 heteroatoms. The van der Waals surface area contributed by atoms with Gasteiger partial charge >= 0.3 is 18.4 Å². The van der Waals surface area contributed by atoms with Crippen molar-refractivity contribution in [2.45, 2.75) is 38.8 Å². The van der Waals surface area contributed by atoms with E-state index in [0.717, 1.165) is 23.3 Å². The van der Waals surface area contributed by atoms with Gasteiger partial charge in [-0.1, -0.05) is 42.5 Å². The number of carboxylic acid groups (broad SMARTS) is 1. The van der Waals surface area contributed by atoms with Crippen molar-refractivity contribution in [1.82, 2.24) is 4.90 Å². The molecule has 0 aliphatic heterocycles. The van der Waals surface area contributed by atoms with E-state index in [4.69, 9.17) is 18.9 Å². The van der Waals surface area contributed by atoms with Crippen LogP contribution in [0, 0.1) is 0 Å². The van der Waals surface area contributed by atoms with Gasteiger partial charge in [0.2, 0.25) is 0 Å². The molecule has 232 valence electrons. The van der Waals surface area contributed by atoms with Gasteiger partial charge in [-0.05, 0) is 60.9 Å². The number of ether oxygens (including phenoxy) is 5. The van der Waals surface area contributed by atoms with Gasteiger partial charge in [0.15, 0.2) is 6.10 Å². The molecular weight excluding hydrogens is 571 g/mol. The summed E-state index contributed by atoms with van der Waals surface area (Å²) < 4.78 is 63.3. The van der Waals surface area contributed by atoms with Crippen molar-refractivity contribution in [3.63, 3.8) is 0 Å². The van der Waals surface area contributed by atoms with Crippen LogP contribution < -0.4 is 14.2 Å². The number of alkyl halides is 3. The predicted octanol–water partition coefficient (Wildman–Crippen LogP) is 6.10. The average Bonchev–Trinajstić information content (AvgIpc) is 2.97.